The molecule has 0 aliphatic heterocycles. The minimum atomic E-state index is -0.253. The molecule has 0 bridgehead atoms. The van der Waals surface area contributed by atoms with E-state index in [0.29, 0.717) is 18.0 Å². The Morgan fingerprint density at radius 3 is 2.57 bits per heavy atom. The second-order valence-electron chi connectivity index (χ2n) is 5.25. The van der Waals surface area contributed by atoms with Gasteiger partial charge in [-0.2, -0.15) is 0 Å². The number of rotatable bonds is 3. The minimum Gasteiger partial charge on any atom is -0.293 e. The van der Waals surface area contributed by atoms with Gasteiger partial charge in [-0.25, -0.2) is 9.37 Å². The zero-order valence-corrected chi connectivity index (χ0v) is 12.8. The summed E-state index contributed by atoms with van der Waals surface area (Å²) in [5.74, 6) is 0.989. The summed E-state index contributed by atoms with van der Waals surface area (Å²) in [5.41, 5.74) is 4.44. The Balaban J connectivity index is 2.35. The number of fused-ring (bicyclic) bond motifs is 1. The van der Waals surface area contributed by atoms with Gasteiger partial charge in [-0.05, 0) is 49.2 Å². The number of hydrogen-bond donors (Lipinski definition) is 0. The van der Waals surface area contributed by atoms with Crippen LogP contribution in [-0.4, -0.2) is 15.4 Å². The first-order valence-electron chi connectivity index (χ1n) is 6.90. The molecular weight excluding hydrogens is 287 g/mol. The second-order valence-corrected chi connectivity index (χ2v) is 5.63. The first kappa shape index (κ1) is 14.1. The Bertz CT molecular complexity index is 808. The van der Waals surface area contributed by atoms with Gasteiger partial charge in [0.1, 0.15) is 11.6 Å². The number of aromatic nitrogens is 2. The third-order valence-corrected chi connectivity index (χ3v) is 3.73. The highest BCUT2D eigenvalue weighted by Gasteiger charge is 2.15. The van der Waals surface area contributed by atoms with Gasteiger partial charge in [0.15, 0.2) is 0 Å². The topological polar surface area (TPSA) is 17.8 Å². The molecular formula is C17H16ClFN2. The molecule has 1 heterocycles. The predicted molar refractivity (Wildman–Crippen MR) is 84.9 cm³/mol. The molecule has 0 atom stereocenters. The highest BCUT2D eigenvalue weighted by atomic mass is 35.5. The molecule has 3 rings (SSSR count). The standard InChI is InChI=1S/C17H16ClFN2/c1-11-3-5-13(19)15(9-11)21-16-10-12(2)4-6-14(16)20-17(21)7-8-18/h3-6,9-10H,7-8H2,1-2H3. The van der Waals surface area contributed by atoms with Crippen LogP contribution < -0.4 is 0 Å². The smallest absolute Gasteiger partial charge is 0.147 e. The van der Waals surface area contributed by atoms with E-state index in [9.17, 15) is 4.39 Å². The number of nitrogens with zero attached hydrogens (tertiary/aromatic N) is 2. The molecule has 108 valence electrons. The van der Waals surface area contributed by atoms with Crippen molar-refractivity contribution in [2.24, 2.45) is 0 Å². The average molecular weight is 303 g/mol. The zero-order chi connectivity index (χ0) is 15.0. The number of aryl methyl sites for hydroxylation is 3. The molecule has 0 amide bonds. The van der Waals surface area contributed by atoms with Crippen molar-refractivity contribution in [1.29, 1.82) is 0 Å². The summed E-state index contributed by atoms with van der Waals surface area (Å²) in [7, 11) is 0. The lowest BCUT2D eigenvalue weighted by Gasteiger charge is -2.11. The predicted octanol–water partition coefficient (Wildman–Crippen LogP) is 4.56. The minimum absolute atomic E-state index is 0.253. The van der Waals surface area contributed by atoms with E-state index in [0.717, 1.165) is 28.0 Å². The summed E-state index contributed by atoms with van der Waals surface area (Å²) in [4.78, 5) is 4.60. The average Bonchev–Trinajstić information content (AvgIpc) is 2.79. The van der Waals surface area contributed by atoms with Crippen molar-refractivity contribution in [3.8, 4) is 5.69 Å². The first-order chi connectivity index (χ1) is 10.1. The molecule has 0 radical (unpaired) electrons. The Labute approximate surface area is 128 Å². The van der Waals surface area contributed by atoms with E-state index in [-0.39, 0.29) is 5.82 Å². The van der Waals surface area contributed by atoms with Gasteiger partial charge in [0.25, 0.3) is 0 Å². The zero-order valence-electron chi connectivity index (χ0n) is 12.0. The maximum Gasteiger partial charge on any atom is 0.147 e. The van der Waals surface area contributed by atoms with Crippen molar-refractivity contribution >= 4 is 22.6 Å². The van der Waals surface area contributed by atoms with Crippen molar-refractivity contribution in [2.75, 3.05) is 5.88 Å². The van der Waals surface area contributed by atoms with Crippen LogP contribution in [0.1, 0.15) is 17.0 Å². The van der Waals surface area contributed by atoms with Crippen LogP contribution in [0.3, 0.4) is 0 Å². The first-order valence-corrected chi connectivity index (χ1v) is 7.44. The molecule has 0 spiro atoms. The van der Waals surface area contributed by atoms with Crippen LogP contribution in [0.25, 0.3) is 16.7 Å². The highest BCUT2D eigenvalue weighted by Crippen LogP contribution is 2.25. The molecule has 0 saturated heterocycles. The molecule has 0 fully saturated rings. The Hall–Kier alpha value is -1.87. The summed E-state index contributed by atoms with van der Waals surface area (Å²) < 4.78 is 16.2. The Morgan fingerprint density at radius 1 is 1.10 bits per heavy atom. The molecule has 0 N–H and O–H groups in total. The summed E-state index contributed by atoms with van der Waals surface area (Å²) in [6.45, 7) is 3.97. The van der Waals surface area contributed by atoms with E-state index >= 15 is 0 Å². The second kappa shape index (κ2) is 5.49. The van der Waals surface area contributed by atoms with Crippen molar-refractivity contribution in [1.82, 2.24) is 9.55 Å². The van der Waals surface area contributed by atoms with Gasteiger partial charge in [0.05, 0.1) is 16.7 Å². The Morgan fingerprint density at radius 2 is 1.81 bits per heavy atom. The van der Waals surface area contributed by atoms with Crippen LogP contribution in [0.15, 0.2) is 36.4 Å². The van der Waals surface area contributed by atoms with Crippen molar-refractivity contribution in [3.63, 3.8) is 0 Å². The molecule has 3 aromatic rings. The summed E-state index contributed by atoms with van der Waals surface area (Å²) in [6, 6.07) is 11.1. The monoisotopic (exact) mass is 302 g/mol. The molecule has 1 aromatic heterocycles. The van der Waals surface area contributed by atoms with E-state index in [1.807, 2.05) is 42.7 Å². The maximum absolute atomic E-state index is 14.3. The molecule has 4 heteroatoms. The van der Waals surface area contributed by atoms with Gasteiger partial charge in [-0.1, -0.05) is 12.1 Å². The fourth-order valence-electron chi connectivity index (χ4n) is 2.55. The van der Waals surface area contributed by atoms with Crippen LogP contribution in [0.2, 0.25) is 0 Å². The van der Waals surface area contributed by atoms with E-state index in [2.05, 4.69) is 4.98 Å². The largest absolute Gasteiger partial charge is 0.293 e. The molecule has 2 aromatic carbocycles. The number of hydrogen-bond acceptors (Lipinski definition) is 1. The summed E-state index contributed by atoms with van der Waals surface area (Å²) in [5, 5.41) is 0. The fourth-order valence-corrected chi connectivity index (χ4v) is 2.72. The lowest BCUT2D eigenvalue weighted by atomic mass is 10.2. The maximum atomic E-state index is 14.3. The van der Waals surface area contributed by atoms with E-state index in [1.165, 1.54) is 6.07 Å². The third kappa shape index (κ3) is 2.54. The highest BCUT2D eigenvalue weighted by molar-refractivity contribution is 6.17. The number of imidazole rings is 1. The van der Waals surface area contributed by atoms with Gasteiger partial charge in [-0.3, -0.25) is 4.57 Å². The van der Waals surface area contributed by atoms with Gasteiger partial charge >= 0.3 is 0 Å². The normalized spacial score (nSPS) is 11.2. The number of halogens is 2. The molecule has 21 heavy (non-hydrogen) atoms. The summed E-state index contributed by atoms with van der Waals surface area (Å²) >= 11 is 5.88. The van der Waals surface area contributed by atoms with E-state index in [1.54, 1.807) is 6.07 Å². The number of alkyl halides is 1. The molecule has 0 aliphatic rings. The lowest BCUT2D eigenvalue weighted by molar-refractivity contribution is 0.616. The summed E-state index contributed by atoms with van der Waals surface area (Å²) in [6.07, 6.45) is 0.600. The van der Waals surface area contributed by atoms with Crippen LogP contribution in [0.5, 0.6) is 0 Å². The van der Waals surface area contributed by atoms with Crippen molar-refractivity contribution < 1.29 is 4.39 Å². The third-order valence-electron chi connectivity index (χ3n) is 3.54. The lowest BCUT2D eigenvalue weighted by Crippen LogP contribution is -2.05. The van der Waals surface area contributed by atoms with Crippen molar-refractivity contribution in [3.05, 3.63) is 59.2 Å². The molecule has 0 unspecified atom stereocenters. The fraction of sp³-hybridized carbons (Fsp3) is 0.235. The van der Waals surface area contributed by atoms with Crippen LogP contribution in [-0.2, 0) is 6.42 Å². The van der Waals surface area contributed by atoms with Crippen LogP contribution in [0, 0.1) is 19.7 Å². The van der Waals surface area contributed by atoms with E-state index in [4.69, 9.17) is 11.6 Å². The quantitative estimate of drug-likeness (QED) is 0.648. The molecule has 2 nitrogen and oxygen atoms in total. The molecule has 0 saturated carbocycles. The van der Waals surface area contributed by atoms with E-state index < -0.39 is 0 Å². The Kier molecular flexibility index (Phi) is 3.68. The van der Waals surface area contributed by atoms with Gasteiger partial charge < -0.3 is 0 Å². The van der Waals surface area contributed by atoms with Gasteiger partial charge in [-0.15, -0.1) is 11.6 Å². The van der Waals surface area contributed by atoms with Crippen LogP contribution >= 0.6 is 11.6 Å². The van der Waals surface area contributed by atoms with Crippen molar-refractivity contribution in [2.45, 2.75) is 20.3 Å². The van der Waals surface area contributed by atoms with Crippen LogP contribution in [0.4, 0.5) is 4.39 Å². The molecule has 0 aliphatic carbocycles. The van der Waals surface area contributed by atoms with Gasteiger partial charge in [0, 0.05) is 12.3 Å². The SMILES string of the molecule is Cc1ccc(F)c(-n2c(CCCl)nc3ccc(C)cc32)c1. The van der Waals surface area contributed by atoms with Gasteiger partial charge in [0.2, 0.25) is 0 Å². The number of benzene rings is 2.